The van der Waals surface area contributed by atoms with E-state index < -0.39 is 23.8 Å². The molecule has 0 unspecified atom stereocenters. The van der Waals surface area contributed by atoms with Gasteiger partial charge in [-0.1, -0.05) is 6.92 Å². The molecule has 1 aromatic rings. The normalized spacial score (nSPS) is 27.1. The highest BCUT2D eigenvalue weighted by Crippen LogP contribution is 2.52. The SMILES string of the molecule is CCCOC(=O)c1ccc(NC(=O)[C@@H]2[C@H]3CC[C@@H](C3)[C@@H]2C(=O)[O-])cc1. The van der Waals surface area contributed by atoms with E-state index in [0.717, 1.165) is 25.7 Å². The third kappa shape index (κ3) is 3.52. The molecule has 0 aromatic heterocycles. The van der Waals surface area contributed by atoms with Crippen LogP contribution in [0.4, 0.5) is 5.69 Å². The van der Waals surface area contributed by atoms with Crippen LogP contribution in [0.25, 0.3) is 0 Å². The standard InChI is InChI=1S/C19H23NO5/c1-2-9-25-19(24)11-5-7-14(8-6-11)20-17(21)15-12-3-4-13(10-12)16(15)18(22)23/h5-8,12-13,15-16H,2-4,9-10H2,1H3,(H,20,21)(H,22,23)/p-1/t12-,13-,15+,16-/m0/s1. The average molecular weight is 344 g/mol. The Morgan fingerprint density at radius 2 is 1.76 bits per heavy atom. The van der Waals surface area contributed by atoms with Gasteiger partial charge in [-0.15, -0.1) is 0 Å². The zero-order valence-corrected chi connectivity index (χ0v) is 14.2. The largest absolute Gasteiger partial charge is 0.550 e. The summed E-state index contributed by atoms with van der Waals surface area (Å²) < 4.78 is 5.05. The van der Waals surface area contributed by atoms with Gasteiger partial charge in [0.25, 0.3) is 0 Å². The molecule has 1 aromatic carbocycles. The Bertz CT molecular complexity index is 669. The average Bonchev–Trinajstić information content (AvgIpc) is 3.21. The quantitative estimate of drug-likeness (QED) is 0.791. The van der Waals surface area contributed by atoms with Crippen molar-refractivity contribution in [3.63, 3.8) is 0 Å². The highest BCUT2D eigenvalue weighted by Gasteiger charge is 2.51. The number of carboxylic acids is 1. The second-order valence-corrected chi connectivity index (χ2v) is 6.91. The lowest BCUT2D eigenvalue weighted by molar-refractivity contribution is -0.314. The lowest BCUT2D eigenvalue weighted by atomic mass is 9.78. The van der Waals surface area contributed by atoms with Crippen LogP contribution in [0.5, 0.6) is 0 Å². The second-order valence-electron chi connectivity index (χ2n) is 6.91. The highest BCUT2D eigenvalue weighted by molar-refractivity contribution is 5.96. The van der Waals surface area contributed by atoms with Gasteiger partial charge in [0, 0.05) is 23.5 Å². The van der Waals surface area contributed by atoms with Crippen molar-refractivity contribution >= 4 is 23.5 Å². The first-order valence-electron chi connectivity index (χ1n) is 8.80. The van der Waals surface area contributed by atoms with Crippen molar-refractivity contribution in [2.45, 2.75) is 32.6 Å². The molecule has 0 saturated heterocycles. The molecule has 2 bridgehead atoms. The molecule has 1 N–H and O–H groups in total. The van der Waals surface area contributed by atoms with Crippen LogP contribution >= 0.6 is 0 Å². The van der Waals surface area contributed by atoms with E-state index in [1.165, 1.54) is 0 Å². The summed E-state index contributed by atoms with van der Waals surface area (Å²) in [5.41, 5.74) is 0.955. The number of carbonyl (C=O) groups excluding carboxylic acids is 3. The maximum atomic E-state index is 12.6. The van der Waals surface area contributed by atoms with E-state index in [1.54, 1.807) is 24.3 Å². The molecule has 0 heterocycles. The van der Waals surface area contributed by atoms with E-state index in [9.17, 15) is 19.5 Å². The number of aliphatic carboxylic acids is 1. The summed E-state index contributed by atoms with van der Waals surface area (Å²) in [6.07, 6.45) is 3.30. The lowest BCUT2D eigenvalue weighted by Crippen LogP contribution is -2.43. The van der Waals surface area contributed by atoms with Crippen molar-refractivity contribution in [1.82, 2.24) is 0 Å². The molecule has 0 radical (unpaired) electrons. The summed E-state index contributed by atoms with van der Waals surface area (Å²) in [6.45, 7) is 2.29. The molecule has 134 valence electrons. The van der Waals surface area contributed by atoms with Crippen LogP contribution < -0.4 is 10.4 Å². The number of carbonyl (C=O) groups is 3. The van der Waals surface area contributed by atoms with Crippen LogP contribution in [0, 0.1) is 23.7 Å². The maximum Gasteiger partial charge on any atom is 0.338 e. The fourth-order valence-electron chi connectivity index (χ4n) is 4.20. The molecule has 2 fully saturated rings. The Balaban J connectivity index is 1.65. The van der Waals surface area contributed by atoms with Crippen molar-refractivity contribution in [3.8, 4) is 0 Å². The van der Waals surface area contributed by atoms with Gasteiger partial charge in [0.1, 0.15) is 0 Å². The summed E-state index contributed by atoms with van der Waals surface area (Å²) in [4.78, 5) is 35.8. The molecule has 2 aliphatic rings. The monoisotopic (exact) mass is 344 g/mol. The van der Waals surface area contributed by atoms with Crippen molar-refractivity contribution < 1.29 is 24.2 Å². The minimum atomic E-state index is -1.12. The first-order chi connectivity index (χ1) is 12.0. The van der Waals surface area contributed by atoms with Gasteiger partial charge in [-0.05, 0) is 61.8 Å². The lowest BCUT2D eigenvalue weighted by Gasteiger charge is -2.30. The third-order valence-corrected chi connectivity index (χ3v) is 5.32. The first-order valence-corrected chi connectivity index (χ1v) is 8.80. The number of fused-ring (bicyclic) bond motifs is 2. The van der Waals surface area contributed by atoms with Crippen LogP contribution in [0.1, 0.15) is 43.0 Å². The molecule has 6 heteroatoms. The van der Waals surface area contributed by atoms with Gasteiger partial charge < -0.3 is 20.0 Å². The number of nitrogens with one attached hydrogen (secondary N) is 1. The minimum absolute atomic E-state index is 0.0569. The molecule has 4 atom stereocenters. The zero-order valence-electron chi connectivity index (χ0n) is 14.2. The van der Waals surface area contributed by atoms with E-state index in [4.69, 9.17) is 4.74 Å². The molecule has 6 nitrogen and oxygen atoms in total. The molecule has 1 amide bonds. The Morgan fingerprint density at radius 3 is 2.36 bits per heavy atom. The number of benzene rings is 1. The van der Waals surface area contributed by atoms with Crippen LogP contribution in [0.15, 0.2) is 24.3 Å². The Morgan fingerprint density at radius 1 is 1.12 bits per heavy atom. The Kier molecular flexibility index (Phi) is 5.06. The first kappa shape index (κ1) is 17.5. The number of esters is 1. The van der Waals surface area contributed by atoms with Gasteiger partial charge in [0.15, 0.2) is 0 Å². The van der Waals surface area contributed by atoms with Gasteiger partial charge >= 0.3 is 5.97 Å². The van der Waals surface area contributed by atoms with Gasteiger partial charge in [-0.2, -0.15) is 0 Å². The molecule has 0 spiro atoms. The molecule has 3 rings (SSSR count). The molecule has 2 saturated carbocycles. The fourth-order valence-corrected chi connectivity index (χ4v) is 4.20. The van der Waals surface area contributed by atoms with E-state index in [2.05, 4.69) is 5.32 Å². The summed E-state index contributed by atoms with van der Waals surface area (Å²) in [6, 6.07) is 6.43. The molecule has 0 aliphatic heterocycles. The topological polar surface area (TPSA) is 95.5 Å². The van der Waals surface area contributed by atoms with E-state index >= 15 is 0 Å². The number of anilines is 1. The van der Waals surface area contributed by atoms with Crippen molar-refractivity contribution in [3.05, 3.63) is 29.8 Å². The summed E-state index contributed by atoms with van der Waals surface area (Å²) in [7, 11) is 0. The molecule has 2 aliphatic carbocycles. The van der Waals surface area contributed by atoms with Crippen LogP contribution in [-0.2, 0) is 14.3 Å². The molecular formula is C19H22NO5-. The smallest absolute Gasteiger partial charge is 0.338 e. The predicted molar refractivity (Wildman–Crippen MR) is 88.5 cm³/mol. The number of carboxylic acid groups (broad SMARTS) is 1. The summed E-state index contributed by atoms with van der Waals surface area (Å²) in [5.74, 6) is -2.84. The number of amides is 1. The van der Waals surface area contributed by atoms with Crippen molar-refractivity contribution in [1.29, 1.82) is 0 Å². The molecular weight excluding hydrogens is 322 g/mol. The second kappa shape index (κ2) is 7.25. The summed E-state index contributed by atoms with van der Waals surface area (Å²) in [5, 5.41) is 14.2. The van der Waals surface area contributed by atoms with E-state index in [1.807, 2.05) is 6.92 Å². The fraction of sp³-hybridized carbons (Fsp3) is 0.526. The Labute approximate surface area is 146 Å². The number of hydrogen-bond donors (Lipinski definition) is 1. The number of rotatable bonds is 6. The van der Waals surface area contributed by atoms with Gasteiger partial charge in [-0.3, -0.25) is 4.79 Å². The summed E-state index contributed by atoms with van der Waals surface area (Å²) >= 11 is 0. The zero-order chi connectivity index (χ0) is 18.0. The predicted octanol–water partition coefficient (Wildman–Crippen LogP) is 1.60. The van der Waals surface area contributed by atoms with Crippen LogP contribution in [-0.4, -0.2) is 24.5 Å². The maximum absolute atomic E-state index is 12.6. The van der Waals surface area contributed by atoms with E-state index in [-0.39, 0.29) is 17.7 Å². The van der Waals surface area contributed by atoms with Crippen LogP contribution in [0.3, 0.4) is 0 Å². The highest BCUT2D eigenvalue weighted by atomic mass is 16.5. The van der Waals surface area contributed by atoms with Gasteiger partial charge in [-0.25, -0.2) is 4.79 Å². The molecule has 25 heavy (non-hydrogen) atoms. The van der Waals surface area contributed by atoms with Crippen molar-refractivity contribution in [2.75, 3.05) is 11.9 Å². The van der Waals surface area contributed by atoms with Gasteiger partial charge in [0.2, 0.25) is 5.91 Å². The Hall–Kier alpha value is -2.37. The third-order valence-electron chi connectivity index (χ3n) is 5.32. The van der Waals surface area contributed by atoms with Crippen molar-refractivity contribution in [2.24, 2.45) is 23.7 Å². The van der Waals surface area contributed by atoms with Crippen LogP contribution in [0.2, 0.25) is 0 Å². The minimum Gasteiger partial charge on any atom is -0.550 e. The van der Waals surface area contributed by atoms with E-state index in [0.29, 0.717) is 17.9 Å². The number of hydrogen-bond acceptors (Lipinski definition) is 5. The van der Waals surface area contributed by atoms with Gasteiger partial charge in [0.05, 0.1) is 12.2 Å². The number of ether oxygens (including phenoxy) is 1.